The minimum absolute atomic E-state index is 0.812. The third-order valence-corrected chi connectivity index (χ3v) is 4.65. The van der Waals surface area contributed by atoms with Crippen LogP contribution in [0.1, 0.15) is 12.8 Å². The lowest BCUT2D eigenvalue weighted by Gasteiger charge is -2.19. The topological polar surface area (TPSA) is 24.9 Å². The van der Waals surface area contributed by atoms with Gasteiger partial charge in [-0.05, 0) is 42.7 Å². The molecule has 2 bridgehead atoms. The summed E-state index contributed by atoms with van der Waals surface area (Å²) in [6.45, 7) is 1.09. The number of hydrogen-bond acceptors (Lipinski definition) is 2. The third-order valence-electron chi connectivity index (χ3n) is 4.65. The molecule has 96 valence electrons. The summed E-state index contributed by atoms with van der Waals surface area (Å²) in [5.74, 6) is 2.48. The molecule has 1 aromatic carbocycles. The van der Waals surface area contributed by atoms with Crippen molar-refractivity contribution in [2.24, 2.45) is 17.8 Å². The van der Waals surface area contributed by atoms with Crippen LogP contribution in [-0.2, 0) is 0 Å². The number of rotatable bonds is 3. The van der Waals surface area contributed by atoms with E-state index in [4.69, 9.17) is 0 Å². The predicted molar refractivity (Wildman–Crippen MR) is 79.1 cm³/mol. The van der Waals surface area contributed by atoms with Crippen molar-refractivity contribution in [3.05, 3.63) is 48.8 Å². The zero-order chi connectivity index (χ0) is 12.7. The minimum Gasteiger partial charge on any atom is -0.384 e. The van der Waals surface area contributed by atoms with Crippen LogP contribution in [0.3, 0.4) is 0 Å². The second-order valence-corrected chi connectivity index (χ2v) is 5.82. The molecule has 2 nitrogen and oxygen atoms in total. The first kappa shape index (κ1) is 11.0. The summed E-state index contributed by atoms with van der Waals surface area (Å²) in [5.41, 5.74) is 1.24. The molecular formula is C17H18N2. The average Bonchev–Trinajstić information content (AvgIpc) is 3.07. The maximum absolute atomic E-state index is 4.19. The summed E-state index contributed by atoms with van der Waals surface area (Å²) in [4.78, 5) is 4.19. The lowest BCUT2D eigenvalue weighted by atomic mass is 9.93. The molecule has 3 unspecified atom stereocenters. The Bertz CT molecular complexity index is 627. The number of anilines is 1. The molecule has 0 amide bonds. The molecular weight excluding hydrogens is 232 g/mol. The minimum atomic E-state index is 0.812. The molecule has 1 fully saturated rings. The molecule has 1 saturated carbocycles. The van der Waals surface area contributed by atoms with Gasteiger partial charge in [0.05, 0.1) is 0 Å². The van der Waals surface area contributed by atoms with Crippen molar-refractivity contribution in [3.8, 4) is 0 Å². The summed E-state index contributed by atoms with van der Waals surface area (Å²) in [5, 5.41) is 6.14. The molecule has 0 aliphatic heterocycles. The van der Waals surface area contributed by atoms with Crippen LogP contribution in [0.4, 0.5) is 5.69 Å². The molecule has 0 radical (unpaired) electrons. The summed E-state index contributed by atoms with van der Waals surface area (Å²) in [7, 11) is 0. The fourth-order valence-corrected chi connectivity index (χ4v) is 3.65. The Morgan fingerprint density at radius 1 is 1.16 bits per heavy atom. The van der Waals surface area contributed by atoms with Gasteiger partial charge < -0.3 is 5.32 Å². The molecule has 1 aromatic heterocycles. The van der Waals surface area contributed by atoms with Crippen LogP contribution >= 0.6 is 0 Å². The fraction of sp³-hybridized carbons (Fsp3) is 0.353. The molecule has 2 heteroatoms. The second kappa shape index (κ2) is 4.37. The lowest BCUT2D eigenvalue weighted by Crippen LogP contribution is -2.18. The highest BCUT2D eigenvalue weighted by atomic mass is 14.9. The quantitative estimate of drug-likeness (QED) is 0.837. The molecule has 4 rings (SSSR count). The zero-order valence-electron chi connectivity index (χ0n) is 10.9. The number of fused-ring (bicyclic) bond motifs is 3. The lowest BCUT2D eigenvalue weighted by molar-refractivity contribution is 0.472. The van der Waals surface area contributed by atoms with E-state index < -0.39 is 0 Å². The smallest absolute Gasteiger partial charge is 0.0421 e. The van der Waals surface area contributed by atoms with Gasteiger partial charge in [0.1, 0.15) is 0 Å². The first-order valence-electron chi connectivity index (χ1n) is 7.15. The normalized spacial score (nSPS) is 28.1. The number of allylic oxidation sites excluding steroid dienone is 2. The third kappa shape index (κ3) is 1.92. The first-order chi connectivity index (χ1) is 9.40. The Morgan fingerprint density at radius 3 is 3.00 bits per heavy atom. The number of nitrogens with one attached hydrogen (secondary N) is 1. The fourth-order valence-electron chi connectivity index (χ4n) is 3.65. The number of pyridine rings is 1. The van der Waals surface area contributed by atoms with Crippen molar-refractivity contribution < 1.29 is 0 Å². The summed E-state index contributed by atoms with van der Waals surface area (Å²) in [6, 6.07) is 8.49. The standard InChI is InChI=1S/C17H18N2/c1-2-14-10-18-7-6-16(14)17(3-1)19-11-15-9-12-4-5-13(15)8-12/h1-7,10,12-13,15,19H,8-9,11H2. The van der Waals surface area contributed by atoms with E-state index >= 15 is 0 Å². The van der Waals surface area contributed by atoms with Crippen molar-refractivity contribution in [1.82, 2.24) is 4.98 Å². The molecule has 2 aliphatic rings. The van der Waals surface area contributed by atoms with E-state index in [1.165, 1.54) is 29.3 Å². The van der Waals surface area contributed by atoms with Crippen molar-refractivity contribution in [2.75, 3.05) is 11.9 Å². The van der Waals surface area contributed by atoms with Crippen molar-refractivity contribution in [2.45, 2.75) is 12.8 Å². The van der Waals surface area contributed by atoms with E-state index in [1.54, 1.807) is 0 Å². The molecule has 2 aromatic rings. The maximum atomic E-state index is 4.19. The predicted octanol–water partition coefficient (Wildman–Crippen LogP) is 3.86. The second-order valence-electron chi connectivity index (χ2n) is 5.82. The van der Waals surface area contributed by atoms with E-state index in [1.807, 2.05) is 12.4 Å². The van der Waals surface area contributed by atoms with E-state index in [2.05, 4.69) is 46.7 Å². The van der Waals surface area contributed by atoms with Gasteiger partial charge in [0.15, 0.2) is 0 Å². The van der Waals surface area contributed by atoms with Crippen molar-refractivity contribution >= 4 is 16.5 Å². The maximum Gasteiger partial charge on any atom is 0.0421 e. The molecule has 19 heavy (non-hydrogen) atoms. The SMILES string of the molecule is C1=CC2CC1CC2CNc1cccc2cnccc12. The zero-order valence-corrected chi connectivity index (χ0v) is 10.9. The van der Waals surface area contributed by atoms with Crippen LogP contribution in [0.5, 0.6) is 0 Å². The van der Waals surface area contributed by atoms with Crippen LogP contribution < -0.4 is 5.32 Å². The molecule has 2 aliphatic carbocycles. The highest BCUT2D eigenvalue weighted by Crippen LogP contribution is 2.43. The highest BCUT2D eigenvalue weighted by molar-refractivity contribution is 5.93. The van der Waals surface area contributed by atoms with Gasteiger partial charge >= 0.3 is 0 Å². The van der Waals surface area contributed by atoms with Crippen LogP contribution in [0.2, 0.25) is 0 Å². The molecule has 1 heterocycles. The Labute approximate surface area is 113 Å². The van der Waals surface area contributed by atoms with E-state index in [9.17, 15) is 0 Å². The van der Waals surface area contributed by atoms with Gasteiger partial charge in [-0.15, -0.1) is 0 Å². The van der Waals surface area contributed by atoms with Gasteiger partial charge in [-0.3, -0.25) is 4.98 Å². The van der Waals surface area contributed by atoms with Gasteiger partial charge in [-0.1, -0.05) is 24.3 Å². The van der Waals surface area contributed by atoms with Gasteiger partial charge in [0.25, 0.3) is 0 Å². The van der Waals surface area contributed by atoms with Gasteiger partial charge in [0.2, 0.25) is 0 Å². The summed E-state index contributed by atoms with van der Waals surface area (Å²) >= 11 is 0. The van der Waals surface area contributed by atoms with E-state index in [-0.39, 0.29) is 0 Å². The first-order valence-corrected chi connectivity index (χ1v) is 7.15. The molecule has 0 spiro atoms. The number of aromatic nitrogens is 1. The molecule has 1 N–H and O–H groups in total. The Balaban J connectivity index is 1.54. The number of nitrogens with zero attached hydrogens (tertiary/aromatic N) is 1. The number of hydrogen-bond donors (Lipinski definition) is 1. The Hall–Kier alpha value is -1.83. The van der Waals surface area contributed by atoms with Crippen LogP contribution in [0.15, 0.2) is 48.8 Å². The van der Waals surface area contributed by atoms with Gasteiger partial charge in [-0.25, -0.2) is 0 Å². The Kier molecular flexibility index (Phi) is 2.54. The number of benzene rings is 1. The van der Waals surface area contributed by atoms with Crippen LogP contribution in [0.25, 0.3) is 10.8 Å². The summed E-state index contributed by atoms with van der Waals surface area (Å²) in [6.07, 6.45) is 11.4. The van der Waals surface area contributed by atoms with E-state index in [0.29, 0.717) is 0 Å². The largest absolute Gasteiger partial charge is 0.384 e. The van der Waals surface area contributed by atoms with Gasteiger partial charge in [-0.2, -0.15) is 0 Å². The Morgan fingerprint density at radius 2 is 2.16 bits per heavy atom. The van der Waals surface area contributed by atoms with Gasteiger partial charge in [0, 0.05) is 35.4 Å². The molecule has 0 saturated heterocycles. The van der Waals surface area contributed by atoms with Crippen molar-refractivity contribution in [1.29, 1.82) is 0 Å². The average molecular weight is 250 g/mol. The van der Waals surface area contributed by atoms with E-state index in [0.717, 1.165) is 24.3 Å². The summed E-state index contributed by atoms with van der Waals surface area (Å²) < 4.78 is 0. The van der Waals surface area contributed by atoms with Crippen LogP contribution in [-0.4, -0.2) is 11.5 Å². The van der Waals surface area contributed by atoms with Crippen molar-refractivity contribution in [3.63, 3.8) is 0 Å². The van der Waals surface area contributed by atoms with Crippen LogP contribution in [0, 0.1) is 17.8 Å². The highest BCUT2D eigenvalue weighted by Gasteiger charge is 2.35. The molecule has 3 atom stereocenters. The monoisotopic (exact) mass is 250 g/mol.